The summed E-state index contributed by atoms with van der Waals surface area (Å²) in [6, 6.07) is 0. The second kappa shape index (κ2) is 13.3. The van der Waals surface area contributed by atoms with Gasteiger partial charge in [0.05, 0.1) is 11.3 Å². The van der Waals surface area contributed by atoms with Crippen molar-refractivity contribution in [1.29, 1.82) is 0 Å². The molecule has 4 nitrogen and oxygen atoms in total. The van der Waals surface area contributed by atoms with Crippen LogP contribution in [0, 0.1) is 5.92 Å². The quantitative estimate of drug-likeness (QED) is 0.205. The zero-order valence-corrected chi connectivity index (χ0v) is 19.9. The molecule has 0 spiro atoms. The molecule has 0 aromatic rings. The standard InChI is InChI=1S/C26H41NO3/c1-7-8-9-13-21-23(27-17-16-19(4)5)24(28)22(26(30)25(21)29)15-14-20(6)12-10-11-18(2)3/h11,14,19,27,30H,7-10,12-13,15-17H2,1-6H3. The van der Waals surface area contributed by atoms with E-state index in [2.05, 4.69) is 46.0 Å². The number of carbonyl (C=O) groups excluding carboxylic acids is 2. The van der Waals surface area contributed by atoms with Crippen LogP contribution in [0.2, 0.25) is 0 Å². The van der Waals surface area contributed by atoms with Crippen LogP contribution < -0.4 is 5.32 Å². The lowest BCUT2D eigenvalue weighted by Gasteiger charge is -2.22. The number of rotatable bonds is 13. The molecule has 0 aliphatic heterocycles. The summed E-state index contributed by atoms with van der Waals surface area (Å²) in [5, 5.41) is 13.8. The Morgan fingerprint density at radius 2 is 1.73 bits per heavy atom. The fourth-order valence-electron chi connectivity index (χ4n) is 3.41. The van der Waals surface area contributed by atoms with Crippen molar-refractivity contribution in [1.82, 2.24) is 5.32 Å². The third-order valence-corrected chi connectivity index (χ3v) is 5.38. The molecule has 0 fully saturated rings. The summed E-state index contributed by atoms with van der Waals surface area (Å²) in [6.07, 6.45) is 10.6. The smallest absolute Gasteiger partial charge is 0.225 e. The van der Waals surface area contributed by atoms with Crippen LogP contribution in [0.5, 0.6) is 0 Å². The van der Waals surface area contributed by atoms with Gasteiger partial charge in [0.15, 0.2) is 5.76 Å². The van der Waals surface area contributed by atoms with Crippen LogP contribution in [0.15, 0.2) is 45.9 Å². The number of hydrogen-bond acceptors (Lipinski definition) is 4. The summed E-state index contributed by atoms with van der Waals surface area (Å²) in [6.45, 7) is 13.2. The minimum Gasteiger partial charge on any atom is -0.504 e. The highest BCUT2D eigenvalue weighted by molar-refractivity contribution is 6.24. The average Bonchev–Trinajstić information content (AvgIpc) is 2.67. The van der Waals surface area contributed by atoms with Gasteiger partial charge >= 0.3 is 0 Å². The molecule has 4 heteroatoms. The van der Waals surface area contributed by atoms with Crippen LogP contribution in [0.4, 0.5) is 0 Å². The molecule has 30 heavy (non-hydrogen) atoms. The van der Waals surface area contributed by atoms with Crippen molar-refractivity contribution < 1.29 is 14.7 Å². The summed E-state index contributed by atoms with van der Waals surface area (Å²) >= 11 is 0. The van der Waals surface area contributed by atoms with Gasteiger partial charge in [0.2, 0.25) is 11.6 Å². The Balaban J connectivity index is 3.02. The van der Waals surface area contributed by atoms with E-state index in [1.807, 2.05) is 13.0 Å². The lowest BCUT2D eigenvalue weighted by Crippen LogP contribution is -2.32. The van der Waals surface area contributed by atoms with Gasteiger partial charge < -0.3 is 10.4 Å². The first-order chi connectivity index (χ1) is 14.2. The molecule has 0 saturated carbocycles. The molecule has 0 aromatic carbocycles. The highest BCUT2D eigenvalue weighted by atomic mass is 16.3. The molecule has 0 amide bonds. The first kappa shape index (κ1) is 25.9. The predicted octanol–water partition coefficient (Wildman–Crippen LogP) is 6.50. The summed E-state index contributed by atoms with van der Waals surface area (Å²) in [7, 11) is 0. The van der Waals surface area contributed by atoms with Crippen molar-refractivity contribution in [3.63, 3.8) is 0 Å². The molecule has 2 N–H and O–H groups in total. The largest absolute Gasteiger partial charge is 0.504 e. The summed E-state index contributed by atoms with van der Waals surface area (Å²) < 4.78 is 0. The molecule has 0 heterocycles. The van der Waals surface area contributed by atoms with Crippen molar-refractivity contribution in [2.45, 2.75) is 92.9 Å². The summed E-state index contributed by atoms with van der Waals surface area (Å²) in [4.78, 5) is 26.1. The van der Waals surface area contributed by atoms with E-state index in [4.69, 9.17) is 0 Å². The minimum atomic E-state index is -0.386. The minimum absolute atomic E-state index is 0.216. The van der Waals surface area contributed by atoms with E-state index in [0.717, 1.165) is 44.1 Å². The van der Waals surface area contributed by atoms with Crippen LogP contribution in [-0.4, -0.2) is 23.2 Å². The van der Waals surface area contributed by atoms with Gasteiger partial charge in [0.25, 0.3) is 0 Å². The zero-order chi connectivity index (χ0) is 22.7. The first-order valence-electron chi connectivity index (χ1n) is 11.5. The number of hydrogen-bond donors (Lipinski definition) is 2. The molecule has 0 atom stereocenters. The Bertz CT molecular complexity index is 731. The van der Waals surface area contributed by atoms with Crippen LogP contribution in [-0.2, 0) is 9.59 Å². The molecule has 1 aliphatic rings. The van der Waals surface area contributed by atoms with Crippen LogP contribution >= 0.6 is 0 Å². The first-order valence-corrected chi connectivity index (χ1v) is 11.5. The molecular formula is C26H41NO3. The van der Waals surface area contributed by atoms with E-state index in [0.29, 0.717) is 30.2 Å². The number of allylic oxidation sites excluding steroid dienone is 6. The molecule has 168 valence electrons. The maximum atomic E-state index is 13.2. The van der Waals surface area contributed by atoms with Gasteiger partial charge in [-0.05, 0) is 65.2 Å². The molecule has 0 unspecified atom stereocenters. The number of nitrogens with one attached hydrogen (secondary N) is 1. The lowest BCUT2D eigenvalue weighted by atomic mass is 9.87. The maximum absolute atomic E-state index is 13.2. The monoisotopic (exact) mass is 415 g/mol. The maximum Gasteiger partial charge on any atom is 0.225 e. The topological polar surface area (TPSA) is 66.4 Å². The molecule has 0 aromatic heterocycles. The van der Waals surface area contributed by atoms with Gasteiger partial charge in [0, 0.05) is 12.1 Å². The van der Waals surface area contributed by atoms with Crippen LogP contribution in [0.1, 0.15) is 92.9 Å². The van der Waals surface area contributed by atoms with E-state index in [1.165, 1.54) is 5.57 Å². The molecule has 0 radical (unpaired) electrons. The number of carbonyl (C=O) groups is 2. The van der Waals surface area contributed by atoms with Gasteiger partial charge in [0.1, 0.15) is 0 Å². The number of unbranched alkanes of at least 4 members (excludes halogenated alkanes) is 2. The highest BCUT2D eigenvalue weighted by Crippen LogP contribution is 2.28. The Labute approximate surface area is 183 Å². The van der Waals surface area contributed by atoms with Gasteiger partial charge in [-0.3, -0.25) is 9.59 Å². The third-order valence-electron chi connectivity index (χ3n) is 5.38. The molecule has 1 aliphatic carbocycles. The van der Waals surface area contributed by atoms with Crippen molar-refractivity contribution in [2.24, 2.45) is 5.92 Å². The Hall–Kier alpha value is -2.10. The van der Waals surface area contributed by atoms with Crippen molar-refractivity contribution >= 4 is 11.6 Å². The van der Waals surface area contributed by atoms with Crippen molar-refractivity contribution in [2.75, 3.05) is 6.54 Å². The number of aliphatic hydroxyl groups is 1. The van der Waals surface area contributed by atoms with Crippen LogP contribution in [0.25, 0.3) is 0 Å². The summed E-state index contributed by atoms with van der Waals surface area (Å²) in [5.74, 6) is -0.473. The van der Waals surface area contributed by atoms with E-state index in [9.17, 15) is 14.7 Å². The molecular weight excluding hydrogens is 374 g/mol. The van der Waals surface area contributed by atoms with Crippen molar-refractivity contribution in [3.8, 4) is 0 Å². The van der Waals surface area contributed by atoms with Gasteiger partial charge in [-0.25, -0.2) is 0 Å². The summed E-state index contributed by atoms with van der Waals surface area (Å²) in [5.41, 5.74) is 3.50. The Morgan fingerprint density at radius 1 is 1.03 bits per heavy atom. The van der Waals surface area contributed by atoms with E-state index in [-0.39, 0.29) is 29.3 Å². The van der Waals surface area contributed by atoms with Gasteiger partial charge in [-0.1, -0.05) is 56.9 Å². The fraction of sp³-hybridized carbons (Fsp3) is 0.615. The number of ketones is 2. The van der Waals surface area contributed by atoms with E-state index < -0.39 is 0 Å². The van der Waals surface area contributed by atoms with E-state index in [1.54, 1.807) is 0 Å². The fourth-order valence-corrected chi connectivity index (χ4v) is 3.41. The molecule has 1 rings (SSSR count). The zero-order valence-electron chi connectivity index (χ0n) is 19.9. The van der Waals surface area contributed by atoms with E-state index >= 15 is 0 Å². The second-order valence-electron chi connectivity index (χ2n) is 8.98. The van der Waals surface area contributed by atoms with Crippen molar-refractivity contribution in [3.05, 3.63) is 45.9 Å². The van der Waals surface area contributed by atoms with Gasteiger partial charge in [-0.15, -0.1) is 0 Å². The normalized spacial score (nSPS) is 15.4. The molecule has 0 saturated heterocycles. The van der Waals surface area contributed by atoms with Gasteiger partial charge in [-0.2, -0.15) is 0 Å². The molecule has 0 bridgehead atoms. The Morgan fingerprint density at radius 3 is 2.33 bits per heavy atom. The number of Topliss-reactive ketones (excluding diaryl/α,β-unsaturated/α-hetero) is 2. The lowest BCUT2D eigenvalue weighted by molar-refractivity contribution is -0.118. The SMILES string of the molecule is CCCCCC1=C(NCCC(C)C)C(=O)C(CC=C(C)CCC=C(C)C)=C(O)C1=O. The second-order valence-corrected chi connectivity index (χ2v) is 8.98. The third kappa shape index (κ3) is 8.33. The average molecular weight is 416 g/mol. The van der Waals surface area contributed by atoms with Crippen LogP contribution in [0.3, 0.4) is 0 Å². The highest BCUT2D eigenvalue weighted by Gasteiger charge is 2.33. The predicted molar refractivity (Wildman–Crippen MR) is 125 cm³/mol. The Kier molecular flexibility index (Phi) is 11.5. The number of aliphatic hydroxyl groups excluding tert-OH is 1.